The average molecular weight is 204 g/mol. The molecule has 0 spiro atoms. The molecule has 4 nitrogen and oxygen atoms in total. The largest absolute Gasteiger partial charge is 0.479 e. The van der Waals surface area contributed by atoms with Crippen LogP contribution >= 0.6 is 0 Å². The van der Waals surface area contributed by atoms with Crippen LogP contribution in [0.5, 0.6) is 0 Å². The fourth-order valence-corrected chi connectivity index (χ4v) is 1.10. The molecule has 0 aromatic rings. The third-order valence-electron chi connectivity index (χ3n) is 2.03. The highest BCUT2D eigenvalue weighted by atomic mass is 16.5. The fraction of sp³-hybridized carbons (Fsp3) is 0.900. The molecule has 0 aliphatic heterocycles. The monoisotopic (exact) mass is 204 g/mol. The normalized spacial score (nSPS) is 17.4. The minimum Gasteiger partial charge on any atom is -0.479 e. The topological polar surface area (TPSA) is 66.8 Å². The Bertz CT molecular complexity index is 177. The lowest BCUT2D eigenvalue weighted by molar-refractivity contribution is -0.163. The molecule has 2 unspecified atom stereocenters. The maximum atomic E-state index is 10.5. The molecule has 2 N–H and O–H groups in total. The highest BCUT2D eigenvalue weighted by Crippen LogP contribution is 2.08. The molecule has 0 amide bonds. The van der Waals surface area contributed by atoms with Gasteiger partial charge in [0.25, 0.3) is 0 Å². The van der Waals surface area contributed by atoms with Crippen molar-refractivity contribution < 1.29 is 19.7 Å². The number of carboxylic acids is 1. The summed E-state index contributed by atoms with van der Waals surface area (Å²) in [5.41, 5.74) is -1.77. The fourth-order valence-electron chi connectivity index (χ4n) is 1.10. The van der Waals surface area contributed by atoms with Crippen molar-refractivity contribution in [3.63, 3.8) is 0 Å². The van der Waals surface area contributed by atoms with Crippen molar-refractivity contribution in [2.75, 3.05) is 13.2 Å². The van der Waals surface area contributed by atoms with Gasteiger partial charge in [-0.3, -0.25) is 0 Å². The van der Waals surface area contributed by atoms with Crippen molar-refractivity contribution in [1.82, 2.24) is 0 Å². The van der Waals surface area contributed by atoms with Crippen LogP contribution in [-0.4, -0.2) is 35.0 Å². The van der Waals surface area contributed by atoms with Gasteiger partial charge in [-0.2, -0.15) is 0 Å². The zero-order valence-electron chi connectivity index (χ0n) is 9.12. The number of aliphatic carboxylic acids is 1. The Morgan fingerprint density at radius 3 is 2.57 bits per heavy atom. The average Bonchev–Trinajstić information content (AvgIpc) is 2.04. The Hall–Kier alpha value is -0.610. The summed E-state index contributed by atoms with van der Waals surface area (Å²) in [7, 11) is 0. The van der Waals surface area contributed by atoms with Crippen LogP contribution in [0.15, 0.2) is 0 Å². The van der Waals surface area contributed by atoms with Gasteiger partial charge in [0.2, 0.25) is 0 Å². The summed E-state index contributed by atoms with van der Waals surface area (Å²) in [6.07, 6.45) is 2.13. The molecular weight excluding hydrogens is 184 g/mol. The quantitative estimate of drug-likeness (QED) is 0.655. The molecule has 0 saturated heterocycles. The summed E-state index contributed by atoms with van der Waals surface area (Å²) >= 11 is 0. The Kier molecular flexibility index (Phi) is 5.72. The van der Waals surface area contributed by atoms with Crippen molar-refractivity contribution in [2.24, 2.45) is 5.92 Å². The van der Waals surface area contributed by atoms with Crippen LogP contribution in [0.4, 0.5) is 0 Å². The zero-order chi connectivity index (χ0) is 11.2. The lowest BCUT2D eigenvalue weighted by atomic mass is 10.1. The number of ether oxygens (including phenoxy) is 1. The van der Waals surface area contributed by atoms with Crippen LogP contribution < -0.4 is 0 Å². The first-order chi connectivity index (χ1) is 6.40. The minimum atomic E-state index is -1.77. The second-order valence-corrected chi connectivity index (χ2v) is 3.99. The second kappa shape index (κ2) is 5.98. The lowest BCUT2D eigenvalue weighted by Gasteiger charge is -2.19. The van der Waals surface area contributed by atoms with Crippen molar-refractivity contribution >= 4 is 5.97 Å². The summed E-state index contributed by atoms with van der Waals surface area (Å²) in [6, 6.07) is 0. The smallest absolute Gasteiger partial charge is 0.337 e. The molecule has 0 aromatic heterocycles. The second-order valence-electron chi connectivity index (χ2n) is 3.99. The molecule has 0 aliphatic carbocycles. The van der Waals surface area contributed by atoms with Crippen LogP contribution in [0.1, 0.15) is 33.6 Å². The van der Waals surface area contributed by atoms with E-state index in [1.807, 2.05) is 6.92 Å². The molecule has 0 aromatic carbocycles. The number of hydrogen-bond acceptors (Lipinski definition) is 3. The first kappa shape index (κ1) is 13.4. The summed E-state index contributed by atoms with van der Waals surface area (Å²) < 4.78 is 5.14. The first-order valence-corrected chi connectivity index (χ1v) is 4.93. The van der Waals surface area contributed by atoms with E-state index in [-0.39, 0.29) is 6.61 Å². The molecule has 84 valence electrons. The molecular formula is C10H20O4. The summed E-state index contributed by atoms with van der Waals surface area (Å²) in [5.74, 6) is -0.842. The number of rotatable bonds is 7. The molecule has 0 heterocycles. The van der Waals surface area contributed by atoms with Crippen LogP contribution in [0, 0.1) is 5.92 Å². The molecule has 0 aliphatic rings. The Morgan fingerprint density at radius 2 is 2.14 bits per heavy atom. The molecule has 4 heteroatoms. The summed E-state index contributed by atoms with van der Waals surface area (Å²) in [6.45, 7) is 5.70. The highest BCUT2D eigenvalue weighted by molar-refractivity contribution is 5.76. The van der Waals surface area contributed by atoms with Crippen LogP contribution in [0.2, 0.25) is 0 Å². The van der Waals surface area contributed by atoms with E-state index in [9.17, 15) is 9.90 Å². The summed E-state index contributed by atoms with van der Waals surface area (Å²) in [4.78, 5) is 10.5. The van der Waals surface area contributed by atoms with E-state index in [2.05, 4.69) is 6.92 Å². The molecule has 2 atom stereocenters. The van der Waals surface area contributed by atoms with E-state index < -0.39 is 11.6 Å². The Morgan fingerprint density at radius 1 is 1.57 bits per heavy atom. The van der Waals surface area contributed by atoms with Gasteiger partial charge >= 0.3 is 5.97 Å². The Balaban J connectivity index is 3.68. The maximum Gasteiger partial charge on any atom is 0.337 e. The SMILES string of the molecule is CCCC(C)COCC(C)(O)C(=O)O. The number of aliphatic hydroxyl groups is 1. The molecule has 0 rings (SSSR count). The maximum absolute atomic E-state index is 10.5. The van der Waals surface area contributed by atoms with Crippen molar-refractivity contribution in [3.8, 4) is 0 Å². The van der Waals surface area contributed by atoms with Crippen LogP contribution in [-0.2, 0) is 9.53 Å². The zero-order valence-corrected chi connectivity index (χ0v) is 9.12. The number of hydrogen-bond donors (Lipinski definition) is 2. The van der Waals surface area contributed by atoms with E-state index in [4.69, 9.17) is 9.84 Å². The van der Waals surface area contributed by atoms with Gasteiger partial charge in [0.05, 0.1) is 6.61 Å². The standard InChI is InChI=1S/C10H20O4/c1-4-5-8(2)6-14-7-10(3,13)9(11)12/h8,13H,4-7H2,1-3H3,(H,11,12). The van der Waals surface area contributed by atoms with E-state index in [1.165, 1.54) is 6.92 Å². The molecule has 0 fully saturated rings. The number of carbonyl (C=O) groups is 1. The molecule has 14 heavy (non-hydrogen) atoms. The van der Waals surface area contributed by atoms with Gasteiger partial charge in [0, 0.05) is 6.61 Å². The third-order valence-corrected chi connectivity index (χ3v) is 2.03. The van der Waals surface area contributed by atoms with Gasteiger partial charge in [-0.05, 0) is 19.3 Å². The van der Waals surface area contributed by atoms with Gasteiger partial charge < -0.3 is 14.9 Å². The van der Waals surface area contributed by atoms with Gasteiger partial charge in [-0.15, -0.1) is 0 Å². The van der Waals surface area contributed by atoms with Crippen molar-refractivity contribution in [3.05, 3.63) is 0 Å². The van der Waals surface area contributed by atoms with E-state index in [0.29, 0.717) is 12.5 Å². The van der Waals surface area contributed by atoms with Crippen molar-refractivity contribution in [1.29, 1.82) is 0 Å². The van der Waals surface area contributed by atoms with Gasteiger partial charge in [0.1, 0.15) is 0 Å². The van der Waals surface area contributed by atoms with Crippen molar-refractivity contribution in [2.45, 2.75) is 39.2 Å². The number of carboxylic acid groups (broad SMARTS) is 1. The predicted molar refractivity (Wildman–Crippen MR) is 53.2 cm³/mol. The molecule has 0 saturated carbocycles. The molecule has 0 radical (unpaired) electrons. The predicted octanol–water partition coefficient (Wildman–Crippen LogP) is 1.27. The van der Waals surface area contributed by atoms with Crippen LogP contribution in [0.25, 0.3) is 0 Å². The van der Waals surface area contributed by atoms with Crippen LogP contribution in [0.3, 0.4) is 0 Å². The van der Waals surface area contributed by atoms with Gasteiger partial charge in [-0.25, -0.2) is 4.79 Å². The minimum absolute atomic E-state index is 0.156. The van der Waals surface area contributed by atoms with E-state index in [0.717, 1.165) is 12.8 Å². The first-order valence-electron chi connectivity index (χ1n) is 4.93. The Labute approximate surface area is 84.9 Å². The van der Waals surface area contributed by atoms with Gasteiger partial charge in [-0.1, -0.05) is 20.3 Å². The van der Waals surface area contributed by atoms with E-state index in [1.54, 1.807) is 0 Å². The van der Waals surface area contributed by atoms with Gasteiger partial charge in [0.15, 0.2) is 5.60 Å². The third kappa shape index (κ3) is 5.19. The molecule has 0 bridgehead atoms. The lowest BCUT2D eigenvalue weighted by Crippen LogP contribution is -2.40. The highest BCUT2D eigenvalue weighted by Gasteiger charge is 2.30. The summed E-state index contributed by atoms with van der Waals surface area (Å²) in [5, 5.41) is 17.9. The van der Waals surface area contributed by atoms with E-state index >= 15 is 0 Å².